The van der Waals surface area contributed by atoms with Gasteiger partial charge in [0.15, 0.2) is 6.10 Å². The molecule has 3 rings (SSSR count). The molecule has 0 aromatic rings. The summed E-state index contributed by atoms with van der Waals surface area (Å²) in [5.74, 6) is -0.512. The average Bonchev–Trinajstić information content (AvgIpc) is 4.08. The second kappa shape index (κ2) is 41.4. The van der Waals surface area contributed by atoms with Gasteiger partial charge in [0.25, 0.3) is 0 Å². The van der Waals surface area contributed by atoms with E-state index >= 15 is 0 Å². The summed E-state index contributed by atoms with van der Waals surface area (Å²) in [6, 6.07) is 0.253. The topological polar surface area (TPSA) is 419 Å². The molecular formula is C49H91N3NaO24P4S+. The van der Waals surface area contributed by atoms with Crippen LogP contribution in [0.25, 0.3) is 0 Å². The average molecular weight is 1290 g/mol. The molecule has 9 atom stereocenters. The first kappa shape index (κ1) is 77.2. The number of esters is 2. The molecule has 0 radical (unpaired) electrons. The Morgan fingerprint density at radius 3 is 1.61 bits per heavy atom. The zero-order valence-corrected chi connectivity index (χ0v) is 53.8. The molecule has 0 aromatic heterocycles. The summed E-state index contributed by atoms with van der Waals surface area (Å²) in [5, 5.41) is 31.2. The van der Waals surface area contributed by atoms with Crippen molar-refractivity contribution < 1.29 is 144 Å². The van der Waals surface area contributed by atoms with Crippen LogP contribution >= 0.6 is 43.1 Å². The van der Waals surface area contributed by atoms with Crippen LogP contribution in [0.4, 0.5) is 4.79 Å². The number of carbonyl (C=O) groups excluding carboxylic acids is 4. The number of nitrogens with one attached hydrogen (secondary N) is 3. The van der Waals surface area contributed by atoms with E-state index in [2.05, 4.69) is 48.6 Å². The SMILES string of the molecule is CCCCCCCCC=CCCCCCCCC(=O)OCC(COP(=O)(O)OC1C(O)C(OP(=O)(O)O)C(OP(=O)(O)O)C(OP(=O)(O)O)C1O)OC(=O)CCCCCCCCCCCNC(=O)CCCCC1SCC2NC(=O)NC21.[Na+]. The summed E-state index contributed by atoms with van der Waals surface area (Å²) in [6.45, 7) is 1.11. The number of unbranched alkanes of at least 4 members (excludes halogenated alkanes) is 20. The fourth-order valence-electron chi connectivity index (χ4n) is 9.66. The third-order valence-corrected chi connectivity index (χ3v) is 17.8. The van der Waals surface area contributed by atoms with Crippen molar-refractivity contribution >= 4 is 66.9 Å². The smallest absolute Gasteiger partial charge is 0.462 e. The third-order valence-electron chi connectivity index (χ3n) is 13.8. The van der Waals surface area contributed by atoms with Gasteiger partial charge in [0, 0.05) is 36.8 Å². The number of ether oxygens (including phenoxy) is 2. The van der Waals surface area contributed by atoms with E-state index in [0.29, 0.717) is 37.5 Å². The maximum absolute atomic E-state index is 13.3. The number of phosphoric acid groups is 4. The second-order valence-electron chi connectivity index (χ2n) is 20.8. The molecule has 33 heteroatoms. The molecule has 0 spiro atoms. The maximum Gasteiger partial charge on any atom is 1.00 e. The van der Waals surface area contributed by atoms with Crippen LogP contribution in [0.1, 0.15) is 187 Å². The number of phosphoric ester groups is 4. The fraction of sp³-hybridized carbons (Fsp3) is 0.878. The molecule has 2 saturated heterocycles. The van der Waals surface area contributed by atoms with Crippen molar-refractivity contribution in [2.24, 2.45) is 0 Å². The van der Waals surface area contributed by atoms with Crippen LogP contribution in [0.15, 0.2) is 12.2 Å². The molecule has 1 aliphatic carbocycles. The quantitative estimate of drug-likeness (QED) is 0.0103. The minimum atomic E-state index is -5.81. The normalized spacial score (nSPS) is 24.0. The van der Waals surface area contributed by atoms with Crippen molar-refractivity contribution in [1.29, 1.82) is 0 Å². The molecule has 0 bridgehead atoms. The van der Waals surface area contributed by atoms with Gasteiger partial charge >= 0.3 is 78.8 Å². The molecule has 1 saturated carbocycles. The van der Waals surface area contributed by atoms with Crippen molar-refractivity contribution in [3.05, 3.63) is 12.2 Å². The molecule has 472 valence electrons. The Kier molecular flexibility index (Phi) is 39.0. The van der Waals surface area contributed by atoms with E-state index in [1.807, 2.05) is 11.8 Å². The Hall–Kier alpha value is -0.870. The van der Waals surface area contributed by atoms with E-state index in [4.69, 9.17) is 18.5 Å². The van der Waals surface area contributed by atoms with Crippen LogP contribution in [-0.2, 0) is 64.7 Å². The largest absolute Gasteiger partial charge is 1.00 e. The summed E-state index contributed by atoms with van der Waals surface area (Å²) in [7, 11) is -23.1. The first-order valence-electron chi connectivity index (χ1n) is 28.5. The molecular weight excluding hydrogens is 1190 g/mol. The number of hydrogen-bond acceptors (Lipinski definition) is 18. The van der Waals surface area contributed by atoms with Crippen LogP contribution in [0.3, 0.4) is 0 Å². The summed E-state index contributed by atoms with van der Waals surface area (Å²) in [4.78, 5) is 117. The maximum atomic E-state index is 13.3. The van der Waals surface area contributed by atoms with E-state index in [-0.39, 0.29) is 66.4 Å². The predicted octanol–water partition coefficient (Wildman–Crippen LogP) is 3.90. The van der Waals surface area contributed by atoms with Crippen molar-refractivity contribution in [3.8, 4) is 0 Å². The minimum Gasteiger partial charge on any atom is -0.462 e. The van der Waals surface area contributed by atoms with E-state index in [1.165, 1.54) is 38.5 Å². The number of hydrogen-bond donors (Lipinski definition) is 12. The summed E-state index contributed by atoms with van der Waals surface area (Å²) >= 11 is 1.86. The number of fused-ring (bicyclic) bond motifs is 1. The summed E-state index contributed by atoms with van der Waals surface area (Å²) in [6.07, 6.45) is 10.6. The van der Waals surface area contributed by atoms with E-state index in [0.717, 1.165) is 108 Å². The first-order valence-corrected chi connectivity index (χ1v) is 35.6. The van der Waals surface area contributed by atoms with E-state index < -0.39 is 99.2 Å². The van der Waals surface area contributed by atoms with Crippen LogP contribution in [0.2, 0.25) is 0 Å². The zero-order valence-electron chi connectivity index (χ0n) is 47.4. The Morgan fingerprint density at radius 2 is 1.07 bits per heavy atom. The summed E-state index contributed by atoms with van der Waals surface area (Å²) in [5.41, 5.74) is 0. The first-order chi connectivity index (χ1) is 38.3. The molecule has 0 aromatic carbocycles. The van der Waals surface area contributed by atoms with Gasteiger partial charge in [-0.1, -0.05) is 122 Å². The Bertz CT molecular complexity index is 2050. The number of aliphatic hydroxyl groups excluding tert-OH is 2. The monoisotopic (exact) mass is 1280 g/mol. The molecule has 3 amide bonds. The van der Waals surface area contributed by atoms with Crippen LogP contribution < -0.4 is 45.5 Å². The van der Waals surface area contributed by atoms with Gasteiger partial charge in [0.2, 0.25) is 5.91 Å². The Morgan fingerprint density at radius 1 is 0.598 bits per heavy atom. The Balaban J connectivity index is 0.0000230. The van der Waals surface area contributed by atoms with Gasteiger partial charge in [0.05, 0.1) is 18.7 Å². The molecule has 3 aliphatic rings. The number of rotatable bonds is 46. The number of allylic oxidation sites excluding steroid dienone is 2. The summed E-state index contributed by atoms with van der Waals surface area (Å²) < 4.78 is 82.5. The standard InChI is InChI=1S/C49H91N3O24P4S.Na/c1-2-3-4-5-6-7-8-9-10-11-12-14-17-20-23-30-40(54)70-33-36(34-71-80(68,69)76-45-43(56)46(73-77(59,60)61)48(75-79(65,66)67)47(44(45)57)74-78(62,63)64)72-41(55)31-24-21-18-15-13-16-19-22-27-32-50-39(53)29-26-25-28-38-42-37(35-81-38)51-49(58)52-42;/h9-10,36-38,42-48,56-57H,2-8,11-35H2,1H3,(H,50,53)(H,68,69)(H2,51,52,58)(H2,59,60,61)(H2,62,63,64)(H2,65,66,67);/q;+1. The van der Waals surface area contributed by atoms with Crippen molar-refractivity contribution in [3.63, 3.8) is 0 Å². The van der Waals surface area contributed by atoms with Gasteiger partial charge in [-0.3, -0.25) is 37.0 Å². The van der Waals surface area contributed by atoms with Gasteiger partial charge in [-0.15, -0.1) is 0 Å². The van der Waals surface area contributed by atoms with Gasteiger partial charge in [-0.2, -0.15) is 11.8 Å². The van der Waals surface area contributed by atoms with Gasteiger partial charge in [0.1, 0.15) is 43.2 Å². The van der Waals surface area contributed by atoms with Crippen molar-refractivity contribution in [2.75, 3.05) is 25.5 Å². The second-order valence-corrected chi connectivity index (χ2v) is 27.0. The molecule has 2 heterocycles. The molecule has 3 fully saturated rings. The van der Waals surface area contributed by atoms with Gasteiger partial charge in [-0.05, 0) is 57.8 Å². The number of thioether (sulfide) groups is 1. The van der Waals surface area contributed by atoms with E-state index in [9.17, 15) is 81.9 Å². The van der Waals surface area contributed by atoms with Crippen LogP contribution in [0, 0.1) is 0 Å². The molecule has 12 N–H and O–H groups in total. The molecule has 27 nitrogen and oxygen atoms in total. The molecule has 2 aliphatic heterocycles. The number of carbonyl (C=O) groups is 4. The van der Waals surface area contributed by atoms with Gasteiger partial charge < -0.3 is 69.9 Å². The molecule has 9 unspecified atom stereocenters. The van der Waals surface area contributed by atoms with Crippen molar-refractivity contribution in [1.82, 2.24) is 16.0 Å². The van der Waals surface area contributed by atoms with E-state index in [1.54, 1.807) is 0 Å². The fourth-order valence-corrected chi connectivity index (χ4v) is 13.9. The minimum absolute atomic E-state index is 0. The Labute approximate surface area is 508 Å². The number of urea groups is 1. The van der Waals surface area contributed by atoms with Crippen LogP contribution in [-0.4, -0.2) is 154 Å². The zero-order chi connectivity index (χ0) is 59.9. The van der Waals surface area contributed by atoms with Crippen LogP contribution in [0.5, 0.6) is 0 Å². The molecule has 82 heavy (non-hydrogen) atoms. The van der Waals surface area contributed by atoms with Crippen molar-refractivity contribution in [2.45, 2.75) is 247 Å². The number of amides is 3. The van der Waals surface area contributed by atoms with Gasteiger partial charge in [-0.25, -0.2) is 23.1 Å². The third kappa shape index (κ3) is 34.6. The number of aliphatic hydroxyl groups is 2. The predicted molar refractivity (Wildman–Crippen MR) is 297 cm³/mol.